The van der Waals surface area contributed by atoms with Crippen LogP contribution < -0.4 is 5.73 Å². The minimum atomic E-state index is -0.0516. The van der Waals surface area contributed by atoms with Gasteiger partial charge < -0.3 is 15.4 Å². The van der Waals surface area contributed by atoms with Crippen molar-refractivity contribution in [1.82, 2.24) is 4.90 Å². The van der Waals surface area contributed by atoms with Gasteiger partial charge in [0, 0.05) is 20.2 Å². The molecule has 1 aliphatic rings. The van der Waals surface area contributed by atoms with E-state index in [0.717, 1.165) is 6.42 Å². The Morgan fingerprint density at radius 1 is 1.67 bits per heavy atom. The SMILES string of the molecule is COCC(C)N(C)C(=O)C1C=CC(N)C1. The highest BCUT2D eigenvalue weighted by atomic mass is 16.5. The monoisotopic (exact) mass is 212 g/mol. The van der Waals surface area contributed by atoms with Gasteiger partial charge in [0.05, 0.1) is 18.6 Å². The highest BCUT2D eigenvalue weighted by molar-refractivity contribution is 5.81. The Hall–Kier alpha value is -0.870. The Morgan fingerprint density at radius 2 is 2.33 bits per heavy atom. The zero-order chi connectivity index (χ0) is 11.4. The van der Waals surface area contributed by atoms with Crippen LogP contribution in [0.2, 0.25) is 0 Å². The van der Waals surface area contributed by atoms with Gasteiger partial charge >= 0.3 is 0 Å². The molecule has 0 spiro atoms. The van der Waals surface area contributed by atoms with E-state index in [1.54, 1.807) is 12.0 Å². The first-order chi connectivity index (χ1) is 7.06. The van der Waals surface area contributed by atoms with Gasteiger partial charge in [0.15, 0.2) is 0 Å². The van der Waals surface area contributed by atoms with Crippen molar-refractivity contribution in [3.63, 3.8) is 0 Å². The minimum absolute atomic E-state index is 0.0325. The van der Waals surface area contributed by atoms with Gasteiger partial charge in [0.25, 0.3) is 0 Å². The van der Waals surface area contributed by atoms with Crippen LogP contribution in [0, 0.1) is 5.92 Å². The predicted molar refractivity (Wildman–Crippen MR) is 59.3 cm³/mol. The average molecular weight is 212 g/mol. The van der Waals surface area contributed by atoms with Crippen molar-refractivity contribution >= 4 is 5.91 Å². The third-order valence-electron chi connectivity index (χ3n) is 2.85. The summed E-state index contributed by atoms with van der Waals surface area (Å²) in [6.07, 6.45) is 4.53. The molecular weight excluding hydrogens is 192 g/mol. The quantitative estimate of drug-likeness (QED) is 0.686. The van der Waals surface area contributed by atoms with E-state index in [2.05, 4.69) is 0 Å². The molecule has 0 radical (unpaired) electrons. The van der Waals surface area contributed by atoms with Gasteiger partial charge in [-0.3, -0.25) is 4.79 Å². The van der Waals surface area contributed by atoms with Gasteiger partial charge in [-0.05, 0) is 13.3 Å². The second-order valence-corrected chi connectivity index (χ2v) is 4.14. The molecule has 2 N–H and O–H groups in total. The van der Waals surface area contributed by atoms with Gasteiger partial charge in [-0.15, -0.1) is 0 Å². The standard InChI is InChI=1S/C11H20N2O2/c1-8(7-15-3)13(2)11(14)9-4-5-10(12)6-9/h4-5,8-10H,6-7,12H2,1-3H3. The maximum absolute atomic E-state index is 12.0. The zero-order valence-electron chi connectivity index (χ0n) is 9.64. The smallest absolute Gasteiger partial charge is 0.229 e. The molecule has 0 aromatic carbocycles. The Morgan fingerprint density at radius 3 is 2.80 bits per heavy atom. The van der Waals surface area contributed by atoms with Gasteiger partial charge in [-0.25, -0.2) is 0 Å². The van der Waals surface area contributed by atoms with Crippen LogP contribution in [0.4, 0.5) is 0 Å². The summed E-state index contributed by atoms with van der Waals surface area (Å²) < 4.78 is 5.02. The number of nitrogens with zero attached hydrogens (tertiary/aromatic N) is 1. The first kappa shape index (κ1) is 12.2. The molecule has 0 saturated heterocycles. The summed E-state index contributed by atoms with van der Waals surface area (Å²) in [4.78, 5) is 13.7. The number of nitrogens with two attached hydrogens (primary N) is 1. The van der Waals surface area contributed by atoms with Crippen LogP contribution in [0.1, 0.15) is 13.3 Å². The summed E-state index contributed by atoms with van der Waals surface area (Å²) in [6, 6.07) is 0.137. The lowest BCUT2D eigenvalue weighted by atomic mass is 10.1. The van der Waals surface area contributed by atoms with Crippen molar-refractivity contribution in [2.45, 2.75) is 25.4 Å². The summed E-state index contributed by atoms with van der Waals surface area (Å²) in [6.45, 7) is 2.53. The molecule has 0 aromatic rings. The number of rotatable bonds is 4. The molecule has 0 fully saturated rings. The van der Waals surface area contributed by atoms with Crippen molar-refractivity contribution in [2.24, 2.45) is 11.7 Å². The fourth-order valence-corrected chi connectivity index (χ4v) is 1.74. The van der Waals surface area contributed by atoms with Crippen LogP contribution in [0.3, 0.4) is 0 Å². The maximum Gasteiger partial charge on any atom is 0.229 e. The molecule has 0 bridgehead atoms. The van der Waals surface area contributed by atoms with Crippen LogP contribution in [-0.4, -0.2) is 43.7 Å². The normalized spacial score (nSPS) is 26.7. The molecule has 1 rings (SSSR count). The fraction of sp³-hybridized carbons (Fsp3) is 0.727. The summed E-state index contributed by atoms with van der Waals surface area (Å²) in [5.41, 5.74) is 5.72. The van der Waals surface area contributed by atoms with Crippen LogP contribution in [0.25, 0.3) is 0 Å². The first-order valence-electron chi connectivity index (χ1n) is 5.25. The number of methoxy groups -OCH3 is 1. The summed E-state index contributed by atoms with van der Waals surface area (Å²) in [5, 5.41) is 0. The Labute approximate surface area is 91.1 Å². The van der Waals surface area contributed by atoms with Gasteiger partial charge in [0.2, 0.25) is 5.91 Å². The van der Waals surface area contributed by atoms with Crippen molar-refractivity contribution < 1.29 is 9.53 Å². The second-order valence-electron chi connectivity index (χ2n) is 4.14. The van der Waals surface area contributed by atoms with E-state index >= 15 is 0 Å². The molecule has 3 atom stereocenters. The van der Waals surface area contributed by atoms with Gasteiger partial charge in [0.1, 0.15) is 0 Å². The molecule has 15 heavy (non-hydrogen) atoms. The molecule has 1 aliphatic carbocycles. The van der Waals surface area contributed by atoms with Crippen LogP contribution in [0.15, 0.2) is 12.2 Å². The number of hydrogen-bond donors (Lipinski definition) is 1. The zero-order valence-corrected chi connectivity index (χ0v) is 9.64. The lowest BCUT2D eigenvalue weighted by molar-refractivity contribution is -0.135. The molecule has 4 heteroatoms. The largest absolute Gasteiger partial charge is 0.383 e. The van der Waals surface area contributed by atoms with E-state index in [1.807, 2.05) is 26.1 Å². The summed E-state index contributed by atoms with van der Waals surface area (Å²) in [5.74, 6) is 0.0769. The van der Waals surface area contributed by atoms with Crippen molar-refractivity contribution in [3.05, 3.63) is 12.2 Å². The maximum atomic E-state index is 12.0. The third-order valence-corrected chi connectivity index (χ3v) is 2.85. The summed E-state index contributed by atoms with van der Waals surface area (Å²) >= 11 is 0. The average Bonchev–Trinajstić information content (AvgIpc) is 2.63. The van der Waals surface area contributed by atoms with Crippen LogP contribution in [0.5, 0.6) is 0 Å². The van der Waals surface area contributed by atoms with Gasteiger partial charge in [-0.2, -0.15) is 0 Å². The molecule has 0 heterocycles. The minimum Gasteiger partial charge on any atom is -0.383 e. The van der Waals surface area contributed by atoms with E-state index in [1.165, 1.54) is 0 Å². The van der Waals surface area contributed by atoms with E-state index in [4.69, 9.17) is 10.5 Å². The molecule has 4 nitrogen and oxygen atoms in total. The third kappa shape index (κ3) is 3.04. The van der Waals surface area contributed by atoms with Crippen molar-refractivity contribution in [1.29, 1.82) is 0 Å². The number of likely N-dealkylation sites (N-methyl/N-ethyl adjacent to an activating group) is 1. The van der Waals surface area contributed by atoms with E-state index < -0.39 is 0 Å². The lowest BCUT2D eigenvalue weighted by Crippen LogP contribution is -2.41. The van der Waals surface area contributed by atoms with Crippen molar-refractivity contribution in [2.75, 3.05) is 20.8 Å². The molecule has 86 valence electrons. The Bertz CT molecular complexity index is 253. The molecule has 0 aromatic heterocycles. The van der Waals surface area contributed by atoms with Crippen LogP contribution >= 0.6 is 0 Å². The number of amides is 1. The predicted octanol–water partition coefficient (Wildman–Crippen LogP) is 0.383. The van der Waals surface area contributed by atoms with Crippen molar-refractivity contribution in [3.8, 4) is 0 Å². The first-order valence-corrected chi connectivity index (χ1v) is 5.25. The van der Waals surface area contributed by atoms with E-state index in [0.29, 0.717) is 6.61 Å². The fourth-order valence-electron chi connectivity index (χ4n) is 1.74. The van der Waals surface area contributed by atoms with Gasteiger partial charge in [-0.1, -0.05) is 12.2 Å². The second kappa shape index (κ2) is 5.28. The molecular formula is C11H20N2O2. The molecule has 0 aliphatic heterocycles. The highest BCUT2D eigenvalue weighted by Crippen LogP contribution is 2.19. The lowest BCUT2D eigenvalue weighted by Gasteiger charge is -2.26. The summed E-state index contributed by atoms with van der Waals surface area (Å²) in [7, 11) is 3.45. The Kier molecular flexibility index (Phi) is 4.29. The number of carbonyl (C=O) groups excluding carboxylic acids is 1. The highest BCUT2D eigenvalue weighted by Gasteiger charge is 2.27. The van der Waals surface area contributed by atoms with E-state index in [9.17, 15) is 4.79 Å². The molecule has 1 amide bonds. The number of hydrogen-bond acceptors (Lipinski definition) is 3. The van der Waals surface area contributed by atoms with Crippen LogP contribution in [-0.2, 0) is 9.53 Å². The topological polar surface area (TPSA) is 55.6 Å². The Balaban J connectivity index is 2.49. The molecule has 0 saturated carbocycles. The molecule has 3 unspecified atom stereocenters. The number of carbonyl (C=O) groups is 1. The van der Waals surface area contributed by atoms with E-state index in [-0.39, 0.29) is 23.9 Å². The number of ether oxygens (including phenoxy) is 1.